The molecule has 0 nitrogen and oxygen atoms in total. The summed E-state index contributed by atoms with van der Waals surface area (Å²) < 4.78 is 22.0. The molecule has 37 heavy (non-hydrogen) atoms. The van der Waals surface area contributed by atoms with E-state index in [0.717, 1.165) is 20.3 Å². The topological polar surface area (TPSA) is 0 Å². The molecule has 1 aliphatic rings. The van der Waals surface area contributed by atoms with Crippen molar-refractivity contribution in [3.8, 4) is 0 Å². The summed E-state index contributed by atoms with van der Waals surface area (Å²) in [5.41, 5.74) is 8.72. The molecule has 0 aliphatic heterocycles. The van der Waals surface area contributed by atoms with E-state index in [0.29, 0.717) is 5.41 Å². The van der Waals surface area contributed by atoms with Crippen LogP contribution in [-0.2, 0) is 0 Å². The van der Waals surface area contributed by atoms with Crippen LogP contribution >= 0.6 is 0 Å². The van der Waals surface area contributed by atoms with Crippen LogP contribution in [0.5, 0.6) is 0 Å². The van der Waals surface area contributed by atoms with Crippen LogP contribution in [0.25, 0.3) is 0 Å². The van der Waals surface area contributed by atoms with Crippen LogP contribution in [0.2, 0.25) is 0 Å². The minimum atomic E-state index is -2.50. The van der Waals surface area contributed by atoms with Gasteiger partial charge in [-0.2, -0.15) is 0 Å². The molecule has 0 radical (unpaired) electrons. The van der Waals surface area contributed by atoms with Gasteiger partial charge in [0.15, 0.2) is 0 Å². The molecule has 1 atom stereocenters. The van der Waals surface area contributed by atoms with E-state index in [1.54, 1.807) is 0 Å². The Labute approximate surface area is 230 Å². The van der Waals surface area contributed by atoms with Crippen molar-refractivity contribution in [2.45, 2.75) is 133 Å². The largest absolute Gasteiger partial charge is 0.242 e. The fraction of sp³-hybridized carbons (Fsp3) is 0.600. The number of hydrogen-bond acceptors (Lipinski definition) is 0. The van der Waals surface area contributed by atoms with E-state index in [-0.39, 0.29) is 0 Å². The third kappa shape index (κ3) is 18.9. The van der Waals surface area contributed by atoms with Crippen LogP contribution in [0.4, 0.5) is 8.78 Å². The lowest BCUT2D eigenvalue weighted by Gasteiger charge is -2.30. The van der Waals surface area contributed by atoms with Crippen LogP contribution < -0.4 is 0 Å². The molecule has 0 saturated heterocycles. The first-order valence-electron chi connectivity index (χ1n) is 14.4. The van der Waals surface area contributed by atoms with Gasteiger partial charge in [-0.05, 0) is 104 Å². The van der Waals surface area contributed by atoms with Crippen molar-refractivity contribution in [2.75, 3.05) is 0 Å². The van der Waals surface area contributed by atoms with Gasteiger partial charge < -0.3 is 0 Å². The minimum Gasteiger partial charge on any atom is -0.208 e. The second-order valence-electron chi connectivity index (χ2n) is 10.7. The molecule has 0 bridgehead atoms. The number of benzene rings is 1. The number of halogens is 2. The zero-order valence-electron chi connectivity index (χ0n) is 26.0. The summed E-state index contributed by atoms with van der Waals surface area (Å²) in [5, 5.41) is 0. The first-order chi connectivity index (χ1) is 17.2. The highest BCUT2D eigenvalue weighted by atomic mass is 19.3. The molecular weight excluding hydrogens is 458 g/mol. The summed E-state index contributed by atoms with van der Waals surface area (Å²) in [7, 11) is 0. The molecule has 212 valence electrons. The van der Waals surface area contributed by atoms with E-state index < -0.39 is 5.92 Å². The van der Waals surface area contributed by atoms with E-state index in [9.17, 15) is 8.78 Å². The van der Waals surface area contributed by atoms with Crippen molar-refractivity contribution in [1.82, 2.24) is 0 Å². The molecule has 2 heteroatoms. The summed E-state index contributed by atoms with van der Waals surface area (Å²) in [6.45, 7) is 27.2. The smallest absolute Gasteiger partial charge is 0.208 e. The van der Waals surface area contributed by atoms with Crippen LogP contribution in [0.15, 0.2) is 71.9 Å². The number of aryl methyl sites for hydroxylation is 2. The summed E-state index contributed by atoms with van der Waals surface area (Å²) in [6.07, 6.45) is 16.1. The van der Waals surface area contributed by atoms with Crippen LogP contribution in [0.1, 0.15) is 124 Å². The highest BCUT2D eigenvalue weighted by Crippen LogP contribution is 2.49. The molecule has 1 unspecified atom stereocenters. The van der Waals surface area contributed by atoms with Crippen LogP contribution in [0.3, 0.4) is 0 Å². The van der Waals surface area contributed by atoms with Gasteiger partial charge in [0.25, 0.3) is 0 Å². The van der Waals surface area contributed by atoms with Crippen molar-refractivity contribution < 1.29 is 8.78 Å². The molecule has 0 spiro atoms. The molecule has 2 rings (SSSR count). The minimum absolute atomic E-state index is 0.469. The maximum atomic E-state index is 11.0. The predicted octanol–water partition coefficient (Wildman–Crippen LogP) is 12.5. The molecule has 1 saturated carbocycles. The second-order valence-corrected chi connectivity index (χ2v) is 10.7. The summed E-state index contributed by atoms with van der Waals surface area (Å²) >= 11 is 0. The van der Waals surface area contributed by atoms with E-state index in [2.05, 4.69) is 91.1 Å². The highest BCUT2D eigenvalue weighted by molar-refractivity contribution is 5.30. The Kier molecular flexibility index (Phi) is 20.2. The molecule has 1 fully saturated rings. The first-order valence-corrected chi connectivity index (χ1v) is 14.4. The van der Waals surface area contributed by atoms with Crippen LogP contribution in [0, 0.1) is 19.3 Å². The molecule has 0 aromatic heterocycles. The lowest BCUT2D eigenvalue weighted by atomic mass is 9.74. The Balaban J connectivity index is 0. The zero-order chi connectivity index (χ0) is 29.1. The Bertz CT molecular complexity index is 812. The number of alkyl halides is 2. The lowest BCUT2D eigenvalue weighted by Crippen LogP contribution is -2.18. The third-order valence-electron chi connectivity index (χ3n) is 6.51. The van der Waals surface area contributed by atoms with E-state index in [1.807, 2.05) is 13.8 Å². The Morgan fingerprint density at radius 2 is 1.57 bits per heavy atom. The quantitative estimate of drug-likeness (QED) is 0.226. The van der Waals surface area contributed by atoms with Gasteiger partial charge in [0, 0.05) is 0 Å². The fourth-order valence-electron chi connectivity index (χ4n) is 4.69. The average Bonchev–Trinajstić information content (AvgIpc) is 3.14. The third-order valence-corrected chi connectivity index (χ3v) is 6.51. The molecule has 1 aromatic rings. The van der Waals surface area contributed by atoms with Gasteiger partial charge in [-0.25, -0.2) is 8.78 Å². The summed E-state index contributed by atoms with van der Waals surface area (Å²) in [6, 6.07) is 8.45. The summed E-state index contributed by atoms with van der Waals surface area (Å²) in [4.78, 5) is 0. The molecule has 0 heterocycles. The number of hydrogen-bond donors (Lipinski definition) is 0. The van der Waals surface area contributed by atoms with Gasteiger partial charge in [-0.1, -0.05) is 112 Å². The standard InChI is InChI=1S/C22H36.C8H10.C3H6F2.C2H6/c1-7-15-22(17-10-12-20(22)6)16-9-11-19(5)13-14-21(8-2)18(3)4;1-7-4-3-5-8(2)6-7;1-3(2,4)5;1-2/h13-14H,3,6-12,15-17H2,1-2,4-5H3;3-6H,1-2H3;1-2H3;1-2H3/b19-13+,21-14-;;;. The highest BCUT2D eigenvalue weighted by Gasteiger charge is 2.35. The van der Waals surface area contributed by atoms with Gasteiger partial charge >= 0.3 is 0 Å². The van der Waals surface area contributed by atoms with Crippen molar-refractivity contribution in [1.29, 1.82) is 0 Å². The Morgan fingerprint density at radius 3 is 1.92 bits per heavy atom. The normalized spacial score (nSPS) is 17.6. The molecular formula is C35H58F2. The number of rotatable bonds is 9. The monoisotopic (exact) mass is 516 g/mol. The Hall–Kier alpha value is -1.96. The van der Waals surface area contributed by atoms with E-state index in [1.165, 1.54) is 84.8 Å². The van der Waals surface area contributed by atoms with Gasteiger partial charge in [0.05, 0.1) is 0 Å². The van der Waals surface area contributed by atoms with Gasteiger partial charge in [0.2, 0.25) is 5.92 Å². The average molecular weight is 517 g/mol. The number of allylic oxidation sites excluding steroid dienone is 6. The Morgan fingerprint density at radius 1 is 1.03 bits per heavy atom. The SMILES string of the molecule is C=C(C)/C(=C\C=C(/C)CCCC1(CCC)CCCC1=C)CC.CC.CC(C)(F)F.Cc1cccc(C)c1. The summed E-state index contributed by atoms with van der Waals surface area (Å²) in [5.74, 6) is -2.50. The molecule has 1 aliphatic carbocycles. The molecule has 1 aromatic carbocycles. The molecule has 0 amide bonds. The van der Waals surface area contributed by atoms with E-state index >= 15 is 0 Å². The van der Waals surface area contributed by atoms with Crippen molar-refractivity contribution in [2.24, 2.45) is 5.41 Å². The maximum Gasteiger partial charge on any atom is 0.242 e. The first kappa shape index (κ1) is 37.2. The zero-order valence-corrected chi connectivity index (χ0v) is 26.0. The van der Waals surface area contributed by atoms with Gasteiger partial charge in [-0.3, -0.25) is 0 Å². The lowest BCUT2D eigenvalue weighted by molar-refractivity contribution is 0.0437. The maximum absolute atomic E-state index is 11.0. The van der Waals surface area contributed by atoms with Gasteiger partial charge in [0.1, 0.15) is 0 Å². The van der Waals surface area contributed by atoms with Crippen molar-refractivity contribution >= 4 is 0 Å². The van der Waals surface area contributed by atoms with Gasteiger partial charge in [-0.15, -0.1) is 0 Å². The molecule has 0 N–H and O–H groups in total. The van der Waals surface area contributed by atoms with Crippen molar-refractivity contribution in [3.63, 3.8) is 0 Å². The second kappa shape index (κ2) is 20.1. The fourth-order valence-corrected chi connectivity index (χ4v) is 4.69. The van der Waals surface area contributed by atoms with E-state index in [4.69, 9.17) is 0 Å². The predicted molar refractivity (Wildman–Crippen MR) is 165 cm³/mol. The van der Waals surface area contributed by atoms with Crippen LogP contribution in [-0.4, -0.2) is 5.92 Å². The van der Waals surface area contributed by atoms with Crippen molar-refractivity contribution in [3.05, 3.63) is 83.0 Å².